The van der Waals surface area contributed by atoms with Gasteiger partial charge in [0.25, 0.3) is 5.91 Å². The van der Waals surface area contributed by atoms with E-state index in [2.05, 4.69) is 10.4 Å². The molecule has 0 bridgehead atoms. The van der Waals surface area contributed by atoms with Crippen molar-refractivity contribution in [1.82, 2.24) is 9.78 Å². The summed E-state index contributed by atoms with van der Waals surface area (Å²) in [5.41, 5.74) is 0.130. The number of nitrogens with one attached hydrogen (secondary N) is 1. The van der Waals surface area contributed by atoms with Gasteiger partial charge in [0.2, 0.25) is 0 Å². The number of benzene rings is 2. The summed E-state index contributed by atoms with van der Waals surface area (Å²) in [6.07, 6.45) is 3.12. The summed E-state index contributed by atoms with van der Waals surface area (Å²) >= 11 is 5.83. The summed E-state index contributed by atoms with van der Waals surface area (Å²) in [5, 5.41) is 6.33. The number of nitrogens with zero attached hydrogens (tertiary/aromatic N) is 2. The molecule has 0 unspecified atom stereocenters. The Morgan fingerprint density at radius 3 is 2.61 bits per heavy atom. The predicted octanol–water partition coefficient (Wildman–Crippen LogP) is 4.06. The number of anilines is 1. The molecule has 0 saturated carbocycles. The zero-order valence-electron chi connectivity index (χ0n) is 11.6. The molecule has 1 aromatic heterocycles. The fraction of sp³-hybridized carbons (Fsp3) is 0. The lowest BCUT2D eigenvalue weighted by Gasteiger charge is -2.09. The predicted molar refractivity (Wildman–Crippen MR) is 82.9 cm³/mol. The van der Waals surface area contributed by atoms with Crippen LogP contribution in [0, 0.1) is 11.6 Å². The molecule has 4 nitrogen and oxygen atoms in total. The lowest BCUT2D eigenvalue weighted by Crippen LogP contribution is -2.14. The van der Waals surface area contributed by atoms with E-state index < -0.39 is 17.5 Å². The van der Waals surface area contributed by atoms with Crippen LogP contribution in [-0.4, -0.2) is 15.7 Å². The zero-order valence-corrected chi connectivity index (χ0v) is 12.4. The molecule has 23 heavy (non-hydrogen) atoms. The summed E-state index contributed by atoms with van der Waals surface area (Å²) < 4.78 is 29.2. The molecule has 1 heterocycles. The third kappa shape index (κ3) is 3.07. The number of rotatable bonds is 3. The minimum atomic E-state index is -0.751. The SMILES string of the molecule is O=C(Nc1ccc(-n2cccn2)c(F)c1)c1c(F)cccc1Cl. The maximum Gasteiger partial charge on any atom is 0.260 e. The van der Waals surface area contributed by atoms with Gasteiger partial charge in [0.1, 0.15) is 11.5 Å². The van der Waals surface area contributed by atoms with Gasteiger partial charge in [-0.05, 0) is 36.4 Å². The average Bonchev–Trinajstić information content (AvgIpc) is 3.01. The Morgan fingerprint density at radius 2 is 1.96 bits per heavy atom. The van der Waals surface area contributed by atoms with Crippen LogP contribution in [0.5, 0.6) is 0 Å². The first-order chi connectivity index (χ1) is 11.1. The van der Waals surface area contributed by atoms with Gasteiger partial charge in [-0.1, -0.05) is 17.7 Å². The average molecular weight is 334 g/mol. The highest BCUT2D eigenvalue weighted by molar-refractivity contribution is 6.34. The monoisotopic (exact) mass is 333 g/mol. The smallest absolute Gasteiger partial charge is 0.260 e. The van der Waals surface area contributed by atoms with E-state index in [-0.39, 0.29) is 22.0 Å². The van der Waals surface area contributed by atoms with Crippen molar-refractivity contribution in [3.63, 3.8) is 0 Å². The summed E-state index contributed by atoms with van der Waals surface area (Å²) in [6.45, 7) is 0. The van der Waals surface area contributed by atoms with Crippen LogP contribution in [0.15, 0.2) is 54.9 Å². The molecule has 0 atom stereocenters. The number of carbonyl (C=O) groups excluding carboxylic acids is 1. The van der Waals surface area contributed by atoms with Gasteiger partial charge in [0.05, 0.1) is 10.6 Å². The first-order valence-electron chi connectivity index (χ1n) is 6.61. The van der Waals surface area contributed by atoms with Gasteiger partial charge in [0, 0.05) is 18.1 Å². The van der Waals surface area contributed by atoms with Crippen LogP contribution in [0.3, 0.4) is 0 Å². The number of hydrogen-bond donors (Lipinski definition) is 1. The maximum atomic E-state index is 14.1. The topological polar surface area (TPSA) is 46.9 Å². The Hall–Kier alpha value is -2.73. The van der Waals surface area contributed by atoms with Crippen molar-refractivity contribution in [2.24, 2.45) is 0 Å². The highest BCUT2D eigenvalue weighted by atomic mass is 35.5. The molecule has 116 valence electrons. The Labute approximate surface area is 135 Å². The van der Waals surface area contributed by atoms with Crippen LogP contribution in [-0.2, 0) is 0 Å². The minimum absolute atomic E-state index is 0.0175. The summed E-state index contributed by atoms with van der Waals surface area (Å²) in [7, 11) is 0. The maximum absolute atomic E-state index is 14.1. The molecule has 0 aliphatic carbocycles. The van der Waals surface area contributed by atoms with Crippen molar-refractivity contribution in [2.45, 2.75) is 0 Å². The number of hydrogen-bond acceptors (Lipinski definition) is 2. The van der Waals surface area contributed by atoms with Gasteiger partial charge < -0.3 is 5.32 Å². The Kier molecular flexibility index (Phi) is 4.08. The molecule has 3 rings (SSSR count). The van der Waals surface area contributed by atoms with Crippen LogP contribution >= 0.6 is 11.6 Å². The van der Waals surface area contributed by atoms with Gasteiger partial charge >= 0.3 is 0 Å². The largest absolute Gasteiger partial charge is 0.322 e. The number of carbonyl (C=O) groups is 1. The second-order valence-corrected chi connectivity index (χ2v) is 5.07. The third-order valence-corrected chi connectivity index (χ3v) is 3.46. The van der Waals surface area contributed by atoms with E-state index in [0.29, 0.717) is 0 Å². The summed E-state index contributed by atoms with van der Waals surface area (Å²) in [5.74, 6) is -2.07. The Balaban J connectivity index is 1.86. The molecule has 0 saturated heterocycles. The molecular formula is C16H10ClF2N3O. The van der Waals surface area contributed by atoms with Gasteiger partial charge in [-0.25, -0.2) is 13.5 Å². The van der Waals surface area contributed by atoms with E-state index >= 15 is 0 Å². The second-order valence-electron chi connectivity index (χ2n) is 4.67. The van der Waals surface area contributed by atoms with Crippen molar-refractivity contribution >= 4 is 23.2 Å². The van der Waals surface area contributed by atoms with Crippen molar-refractivity contribution < 1.29 is 13.6 Å². The zero-order chi connectivity index (χ0) is 16.4. The number of halogens is 3. The van der Waals surface area contributed by atoms with Gasteiger partial charge in [-0.3, -0.25) is 4.79 Å². The van der Waals surface area contributed by atoms with Crippen LogP contribution in [0.4, 0.5) is 14.5 Å². The molecule has 1 N–H and O–H groups in total. The molecule has 3 aromatic rings. The minimum Gasteiger partial charge on any atom is -0.322 e. The highest BCUT2D eigenvalue weighted by Crippen LogP contribution is 2.22. The van der Waals surface area contributed by atoms with Crippen molar-refractivity contribution in [3.8, 4) is 5.69 Å². The molecular weight excluding hydrogens is 324 g/mol. The summed E-state index contributed by atoms with van der Waals surface area (Å²) in [6, 6.07) is 9.67. The van der Waals surface area contributed by atoms with Crippen LogP contribution in [0.1, 0.15) is 10.4 Å². The van der Waals surface area contributed by atoms with E-state index in [1.165, 1.54) is 35.1 Å². The Bertz CT molecular complexity index is 846. The Morgan fingerprint density at radius 1 is 1.13 bits per heavy atom. The van der Waals surface area contributed by atoms with Crippen LogP contribution < -0.4 is 5.32 Å². The van der Waals surface area contributed by atoms with Gasteiger partial charge in [0.15, 0.2) is 5.82 Å². The van der Waals surface area contributed by atoms with E-state index in [9.17, 15) is 13.6 Å². The second kappa shape index (κ2) is 6.18. The van der Waals surface area contributed by atoms with E-state index in [0.717, 1.165) is 12.1 Å². The van der Waals surface area contributed by atoms with Crippen molar-refractivity contribution in [2.75, 3.05) is 5.32 Å². The van der Waals surface area contributed by atoms with Crippen LogP contribution in [0.2, 0.25) is 5.02 Å². The number of aromatic nitrogens is 2. The first kappa shape index (κ1) is 15.2. The number of amides is 1. The van der Waals surface area contributed by atoms with E-state index in [1.807, 2.05) is 0 Å². The fourth-order valence-electron chi connectivity index (χ4n) is 2.09. The molecule has 1 amide bonds. The van der Waals surface area contributed by atoms with Gasteiger partial charge in [-0.2, -0.15) is 5.10 Å². The molecule has 0 spiro atoms. The highest BCUT2D eigenvalue weighted by Gasteiger charge is 2.16. The normalized spacial score (nSPS) is 10.6. The standard InChI is InChI=1S/C16H10ClF2N3O/c17-11-3-1-4-12(18)15(11)16(23)21-10-5-6-14(13(19)9-10)22-8-2-7-20-22/h1-9H,(H,21,23). The van der Waals surface area contributed by atoms with Crippen LogP contribution in [0.25, 0.3) is 5.69 Å². The molecule has 7 heteroatoms. The summed E-state index contributed by atoms with van der Waals surface area (Å²) in [4.78, 5) is 12.1. The fourth-order valence-corrected chi connectivity index (χ4v) is 2.34. The molecule has 0 radical (unpaired) electrons. The third-order valence-electron chi connectivity index (χ3n) is 3.15. The quantitative estimate of drug-likeness (QED) is 0.785. The van der Waals surface area contributed by atoms with Gasteiger partial charge in [-0.15, -0.1) is 0 Å². The molecule has 0 aliphatic rings. The lowest BCUT2D eigenvalue weighted by molar-refractivity contribution is 0.102. The first-order valence-corrected chi connectivity index (χ1v) is 6.99. The molecule has 0 aliphatic heterocycles. The van der Waals surface area contributed by atoms with Crippen molar-refractivity contribution in [3.05, 3.63) is 77.1 Å². The molecule has 2 aromatic carbocycles. The van der Waals surface area contributed by atoms with E-state index in [1.54, 1.807) is 12.3 Å². The van der Waals surface area contributed by atoms with E-state index in [4.69, 9.17) is 11.6 Å². The lowest BCUT2D eigenvalue weighted by atomic mass is 10.2. The molecule has 0 fully saturated rings. The van der Waals surface area contributed by atoms with Crippen molar-refractivity contribution in [1.29, 1.82) is 0 Å².